The molecular weight excluding hydrogens is 330 g/mol. The molecule has 0 saturated heterocycles. The van der Waals surface area contributed by atoms with Crippen molar-refractivity contribution < 1.29 is 14.3 Å². The Kier molecular flexibility index (Phi) is 5.53. The van der Waals surface area contributed by atoms with E-state index in [-0.39, 0.29) is 12.5 Å². The molecule has 134 valence electrons. The van der Waals surface area contributed by atoms with Gasteiger partial charge in [-0.05, 0) is 48.7 Å². The summed E-state index contributed by atoms with van der Waals surface area (Å²) in [6.45, 7) is -0.167. The van der Waals surface area contributed by atoms with Gasteiger partial charge in [0.2, 0.25) is 5.91 Å². The Morgan fingerprint density at radius 1 is 1.08 bits per heavy atom. The molecule has 0 saturated carbocycles. The molecule has 0 spiro atoms. The van der Waals surface area contributed by atoms with E-state index in [2.05, 4.69) is 16.4 Å². The first-order chi connectivity index (χ1) is 12.6. The van der Waals surface area contributed by atoms with Gasteiger partial charge in [-0.2, -0.15) is 0 Å². The number of anilines is 1. The molecule has 3 aromatic rings. The van der Waals surface area contributed by atoms with Crippen molar-refractivity contribution in [3.63, 3.8) is 0 Å². The molecule has 4 N–H and O–H groups in total. The number of para-hydroxylation sites is 1. The number of benzene rings is 2. The fraction of sp³-hybridized carbons (Fsp3) is 0.200. The smallest absolute Gasteiger partial charge is 0.255 e. The van der Waals surface area contributed by atoms with E-state index in [0.717, 1.165) is 18.4 Å². The Morgan fingerprint density at radius 2 is 1.85 bits per heavy atom. The van der Waals surface area contributed by atoms with Gasteiger partial charge < -0.3 is 20.8 Å². The number of hydrogen-bond donors (Lipinski definition) is 3. The number of aromatic nitrogens is 1. The molecule has 0 atom stereocenters. The first kappa shape index (κ1) is 17.5. The van der Waals surface area contributed by atoms with Gasteiger partial charge in [0.1, 0.15) is 5.75 Å². The maximum Gasteiger partial charge on any atom is 0.255 e. The lowest BCUT2D eigenvalue weighted by atomic mass is 10.1. The Hall–Kier alpha value is -3.28. The molecule has 2 amide bonds. The molecule has 0 radical (unpaired) electrons. The summed E-state index contributed by atoms with van der Waals surface area (Å²) in [4.78, 5) is 26.0. The van der Waals surface area contributed by atoms with Crippen LogP contribution in [0.15, 0.2) is 54.7 Å². The van der Waals surface area contributed by atoms with E-state index in [4.69, 9.17) is 10.5 Å². The molecule has 0 bridgehead atoms. The number of ether oxygens (including phenoxy) is 1. The van der Waals surface area contributed by atoms with Crippen LogP contribution in [0.25, 0.3) is 10.9 Å². The minimum Gasteiger partial charge on any atom is -0.484 e. The van der Waals surface area contributed by atoms with Gasteiger partial charge in [-0.3, -0.25) is 9.59 Å². The lowest BCUT2D eigenvalue weighted by Crippen LogP contribution is -2.20. The molecule has 1 heterocycles. The topological polar surface area (TPSA) is 97.2 Å². The van der Waals surface area contributed by atoms with Crippen molar-refractivity contribution in [2.45, 2.75) is 19.3 Å². The number of carbonyl (C=O) groups excluding carboxylic acids is 2. The minimum absolute atomic E-state index is 0.0318. The van der Waals surface area contributed by atoms with Gasteiger partial charge in [-0.1, -0.05) is 18.2 Å². The van der Waals surface area contributed by atoms with E-state index in [9.17, 15) is 9.59 Å². The first-order valence-corrected chi connectivity index (χ1v) is 8.48. The van der Waals surface area contributed by atoms with Crippen LogP contribution in [0.3, 0.4) is 0 Å². The number of nitrogens with two attached hydrogens (primary N) is 1. The summed E-state index contributed by atoms with van der Waals surface area (Å²) in [5, 5.41) is 4.07. The number of aromatic amines is 1. The van der Waals surface area contributed by atoms with Crippen LogP contribution < -0.4 is 15.8 Å². The molecule has 0 aliphatic carbocycles. The van der Waals surface area contributed by atoms with Gasteiger partial charge in [0.05, 0.1) is 0 Å². The summed E-state index contributed by atoms with van der Waals surface area (Å²) in [5.41, 5.74) is 8.06. The summed E-state index contributed by atoms with van der Waals surface area (Å²) in [7, 11) is 0. The maximum atomic E-state index is 12.1. The number of primary amides is 1. The van der Waals surface area contributed by atoms with Gasteiger partial charge in [-0.15, -0.1) is 0 Å². The third-order valence-electron chi connectivity index (χ3n) is 4.04. The number of carbonyl (C=O) groups is 2. The van der Waals surface area contributed by atoms with Crippen molar-refractivity contribution in [3.8, 4) is 5.75 Å². The number of aryl methyl sites for hydroxylation is 1. The molecule has 6 heteroatoms. The highest BCUT2D eigenvalue weighted by Gasteiger charge is 2.06. The lowest BCUT2D eigenvalue weighted by Gasteiger charge is -2.07. The van der Waals surface area contributed by atoms with E-state index in [1.807, 2.05) is 24.4 Å². The Balaban J connectivity index is 1.46. The second kappa shape index (κ2) is 8.20. The van der Waals surface area contributed by atoms with Crippen molar-refractivity contribution in [2.75, 3.05) is 11.9 Å². The zero-order chi connectivity index (χ0) is 18.4. The summed E-state index contributed by atoms with van der Waals surface area (Å²) in [5.74, 6) is -0.0330. The molecule has 2 aromatic carbocycles. The van der Waals surface area contributed by atoms with Crippen LogP contribution in [0.1, 0.15) is 18.4 Å². The second-order valence-electron chi connectivity index (χ2n) is 6.04. The van der Waals surface area contributed by atoms with Gasteiger partial charge in [0, 0.05) is 29.2 Å². The normalized spacial score (nSPS) is 10.6. The highest BCUT2D eigenvalue weighted by Crippen LogP contribution is 2.20. The predicted molar refractivity (Wildman–Crippen MR) is 101 cm³/mol. The first-order valence-electron chi connectivity index (χ1n) is 8.48. The number of amides is 2. The average Bonchev–Trinajstić information content (AvgIpc) is 3.04. The maximum absolute atomic E-state index is 12.1. The predicted octanol–water partition coefficient (Wildman–Crippen LogP) is 2.99. The van der Waals surface area contributed by atoms with E-state index in [1.54, 1.807) is 24.3 Å². The highest BCUT2D eigenvalue weighted by atomic mass is 16.5. The van der Waals surface area contributed by atoms with Crippen molar-refractivity contribution in [1.82, 2.24) is 4.98 Å². The monoisotopic (exact) mass is 351 g/mol. The molecule has 1 aromatic heterocycles. The summed E-state index contributed by atoms with van der Waals surface area (Å²) in [6.07, 6.45) is 4.07. The molecule has 0 fully saturated rings. The van der Waals surface area contributed by atoms with Gasteiger partial charge in [0.15, 0.2) is 6.61 Å². The fourth-order valence-corrected chi connectivity index (χ4v) is 2.79. The number of hydrogen-bond acceptors (Lipinski definition) is 3. The van der Waals surface area contributed by atoms with E-state index < -0.39 is 5.91 Å². The summed E-state index contributed by atoms with van der Waals surface area (Å²) in [6, 6.07) is 15.0. The minimum atomic E-state index is -0.530. The van der Waals surface area contributed by atoms with Crippen molar-refractivity contribution in [2.24, 2.45) is 5.73 Å². The third kappa shape index (κ3) is 4.63. The number of rotatable bonds is 8. The standard InChI is InChI=1S/C20H21N3O3/c21-19(24)13-26-16-10-8-15(9-11-16)23-20(25)7-3-4-14-12-22-18-6-2-1-5-17(14)18/h1-2,5-6,8-12,22H,3-4,7,13H2,(H2,21,24)(H,23,25). The van der Waals surface area contributed by atoms with Gasteiger partial charge in [-0.25, -0.2) is 0 Å². The quantitative estimate of drug-likeness (QED) is 0.582. The van der Waals surface area contributed by atoms with Crippen molar-refractivity contribution >= 4 is 28.4 Å². The molecule has 0 unspecified atom stereocenters. The van der Waals surface area contributed by atoms with Crippen LogP contribution in [0.2, 0.25) is 0 Å². The van der Waals surface area contributed by atoms with Crippen LogP contribution >= 0.6 is 0 Å². The Bertz CT molecular complexity index is 900. The average molecular weight is 351 g/mol. The van der Waals surface area contributed by atoms with Crippen LogP contribution in [-0.2, 0) is 16.0 Å². The van der Waals surface area contributed by atoms with Crippen LogP contribution in [-0.4, -0.2) is 23.4 Å². The third-order valence-corrected chi connectivity index (χ3v) is 4.04. The zero-order valence-corrected chi connectivity index (χ0v) is 14.3. The SMILES string of the molecule is NC(=O)COc1ccc(NC(=O)CCCc2c[nH]c3ccccc23)cc1. The van der Waals surface area contributed by atoms with Crippen LogP contribution in [0, 0.1) is 0 Å². The molecule has 6 nitrogen and oxygen atoms in total. The van der Waals surface area contributed by atoms with Gasteiger partial charge >= 0.3 is 0 Å². The van der Waals surface area contributed by atoms with Crippen molar-refractivity contribution in [3.05, 3.63) is 60.3 Å². The zero-order valence-electron chi connectivity index (χ0n) is 14.3. The van der Waals surface area contributed by atoms with Crippen molar-refractivity contribution in [1.29, 1.82) is 0 Å². The summed E-state index contributed by atoms with van der Waals surface area (Å²) < 4.78 is 5.18. The van der Waals surface area contributed by atoms with E-state index in [0.29, 0.717) is 17.9 Å². The lowest BCUT2D eigenvalue weighted by molar-refractivity contribution is -0.120. The van der Waals surface area contributed by atoms with E-state index >= 15 is 0 Å². The van der Waals surface area contributed by atoms with Gasteiger partial charge in [0.25, 0.3) is 5.91 Å². The highest BCUT2D eigenvalue weighted by molar-refractivity contribution is 5.90. The molecule has 0 aliphatic rings. The number of nitrogens with one attached hydrogen (secondary N) is 2. The fourth-order valence-electron chi connectivity index (χ4n) is 2.79. The number of fused-ring (bicyclic) bond motifs is 1. The molecule has 3 rings (SSSR count). The molecule has 26 heavy (non-hydrogen) atoms. The number of H-pyrrole nitrogens is 1. The van der Waals surface area contributed by atoms with Crippen LogP contribution in [0.4, 0.5) is 5.69 Å². The van der Waals surface area contributed by atoms with Crippen LogP contribution in [0.5, 0.6) is 5.75 Å². The molecule has 0 aliphatic heterocycles. The second-order valence-corrected chi connectivity index (χ2v) is 6.04. The molecular formula is C20H21N3O3. The summed E-state index contributed by atoms with van der Waals surface area (Å²) >= 11 is 0. The largest absolute Gasteiger partial charge is 0.484 e. The van der Waals surface area contributed by atoms with E-state index in [1.165, 1.54) is 10.9 Å². The Morgan fingerprint density at radius 3 is 2.62 bits per heavy atom. The Labute approximate surface area is 151 Å².